The molecule has 0 bridgehead atoms. The number of nitrogens with zero attached hydrogens (tertiary/aromatic N) is 3. The zero-order valence-corrected chi connectivity index (χ0v) is 19.5. The summed E-state index contributed by atoms with van der Waals surface area (Å²) in [6.07, 6.45) is 3.80. The van der Waals surface area contributed by atoms with Gasteiger partial charge in [0.05, 0.1) is 36.0 Å². The molecule has 0 N–H and O–H groups in total. The van der Waals surface area contributed by atoms with Crippen LogP contribution in [0.3, 0.4) is 0 Å². The van der Waals surface area contributed by atoms with Gasteiger partial charge in [0.25, 0.3) is 5.91 Å². The van der Waals surface area contributed by atoms with Crippen molar-refractivity contribution in [3.63, 3.8) is 0 Å². The number of methoxy groups -OCH3 is 1. The Kier molecular flexibility index (Phi) is 7.04. The zero-order chi connectivity index (χ0) is 22.5. The molecule has 164 valence electrons. The van der Waals surface area contributed by atoms with E-state index >= 15 is 0 Å². The third kappa shape index (κ3) is 4.77. The molecular weight excluding hydrogens is 442 g/mol. The van der Waals surface area contributed by atoms with Crippen LogP contribution in [-0.2, 0) is 9.53 Å². The fourth-order valence-corrected chi connectivity index (χ4v) is 4.62. The molecule has 1 aliphatic heterocycles. The van der Waals surface area contributed by atoms with Crippen LogP contribution in [-0.4, -0.2) is 51.8 Å². The predicted octanol–water partition coefficient (Wildman–Crippen LogP) is 4.79. The Bertz CT molecular complexity index is 1140. The monoisotopic (exact) mass is 465 g/mol. The molecule has 1 fully saturated rings. The van der Waals surface area contributed by atoms with Crippen molar-refractivity contribution >= 4 is 40.3 Å². The Balaban J connectivity index is 1.73. The number of benzene rings is 2. The summed E-state index contributed by atoms with van der Waals surface area (Å²) in [5.74, 6) is 0.696. The van der Waals surface area contributed by atoms with Gasteiger partial charge in [-0.05, 0) is 49.4 Å². The second-order valence-electron chi connectivity index (χ2n) is 7.00. The molecule has 2 heterocycles. The summed E-state index contributed by atoms with van der Waals surface area (Å²) in [5, 5.41) is 4.83. The summed E-state index contributed by atoms with van der Waals surface area (Å²) in [5.41, 5.74) is 3.49. The first-order chi connectivity index (χ1) is 15.6. The second-order valence-corrected chi connectivity index (χ2v) is 8.67. The molecule has 4 rings (SSSR count). The van der Waals surface area contributed by atoms with Crippen molar-refractivity contribution in [2.24, 2.45) is 0 Å². The topological polar surface area (TPSA) is 56.6 Å². The summed E-state index contributed by atoms with van der Waals surface area (Å²) in [6, 6.07) is 17.7. The van der Waals surface area contributed by atoms with Crippen LogP contribution in [0.1, 0.15) is 12.5 Å². The summed E-state index contributed by atoms with van der Waals surface area (Å²) < 4.78 is 13.0. The highest BCUT2D eigenvalue weighted by Crippen LogP contribution is 2.35. The molecule has 0 aliphatic carbocycles. The third-order valence-corrected chi connectivity index (χ3v) is 6.26. The lowest BCUT2D eigenvalue weighted by Gasteiger charge is -2.12. The lowest BCUT2D eigenvalue weighted by molar-refractivity contribution is -0.122. The first-order valence-electron chi connectivity index (χ1n) is 10.2. The molecule has 32 heavy (non-hydrogen) atoms. The van der Waals surface area contributed by atoms with Crippen LogP contribution in [0.5, 0.6) is 5.75 Å². The highest BCUT2D eigenvalue weighted by molar-refractivity contribution is 8.26. The minimum Gasteiger partial charge on any atom is -0.494 e. The van der Waals surface area contributed by atoms with Gasteiger partial charge < -0.3 is 9.47 Å². The molecule has 6 nitrogen and oxygen atoms in total. The van der Waals surface area contributed by atoms with Crippen molar-refractivity contribution in [1.82, 2.24) is 14.7 Å². The molecular formula is C24H23N3O3S2. The van der Waals surface area contributed by atoms with E-state index in [1.807, 2.05) is 78.5 Å². The molecule has 1 aromatic heterocycles. The Morgan fingerprint density at radius 2 is 1.88 bits per heavy atom. The Labute approximate surface area is 196 Å². The van der Waals surface area contributed by atoms with Crippen molar-refractivity contribution < 1.29 is 14.3 Å². The minimum atomic E-state index is -0.109. The van der Waals surface area contributed by atoms with E-state index < -0.39 is 0 Å². The molecule has 2 aromatic carbocycles. The van der Waals surface area contributed by atoms with E-state index in [4.69, 9.17) is 26.8 Å². The van der Waals surface area contributed by atoms with Gasteiger partial charge >= 0.3 is 0 Å². The normalized spacial score (nSPS) is 15.1. The van der Waals surface area contributed by atoms with Gasteiger partial charge in [-0.2, -0.15) is 5.10 Å². The number of carbonyl (C=O) groups excluding carboxylic acids is 1. The lowest BCUT2D eigenvalue weighted by atomic mass is 10.1. The number of hydrogen-bond donors (Lipinski definition) is 0. The number of rotatable bonds is 8. The van der Waals surface area contributed by atoms with E-state index in [0.717, 1.165) is 28.3 Å². The molecule has 1 amide bonds. The molecule has 0 radical (unpaired) electrons. The molecule has 0 spiro atoms. The van der Waals surface area contributed by atoms with Gasteiger partial charge in [0.2, 0.25) is 0 Å². The average Bonchev–Trinajstić information content (AvgIpc) is 3.35. The summed E-state index contributed by atoms with van der Waals surface area (Å²) in [6.45, 7) is 3.44. The van der Waals surface area contributed by atoms with Gasteiger partial charge in [-0.1, -0.05) is 42.2 Å². The number of hydrogen-bond acceptors (Lipinski definition) is 6. The maximum absolute atomic E-state index is 12.9. The average molecular weight is 466 g/mol. The number of thiocarbonyl (C=S) groups is 1. The standard InChI is InChI=1S/C24H23N3O3S2/c1-3-30-20-11-9-17(10-12-20)22-18(16-27(25-22)19-7-5-4-6-8-19)15-21-23(28)26(13-14-29-2)24(31)32-21/h4-12,15-16H,3,13-14H2,1-2H3/b21-15-. The molecule has 0 unspecified atom stereocenters. The number of amides is 1. The third-order valence-electron chi connectivity index (χ3n) is 4.88. The largest absolute Gasteiger partial charge is 0.494 e. The first kappa shape index (κ1) is 22.3. The van der Waals surface area contributed by atoms with Crippen molar-refractivity contribution in [2.75, 3.05) is 26.9 Å². The van der Waals surface area contributed by atoms with E-state index in [1.165, 1.54) is 11.8 Å². The quantitative estimate of drug-likeness (QED) is 0.352. The van der Waals surface area contributed by atoms with Crippen LogP contribution < -0.4 is 4.74 Å². The molecule has 0 atom stereocenters. The zero-order valence-electron chi connectivity index (χ0n) is 17.9. The fraction of sp³-hybridized carbons (Fsp3) is 0.208. The maximum Gasteiger partial charge on any atom is 0.266 e. The van der Waals surface area contributed by atoms with Gasteiger partial charge in [-0.15, -0.1) is 0 Å². The summed E-state index contributed by atoms with van der Waals surface area (Å²) in [7, 11) is 1.61. The Morgan fingerprint density at radius 3 is 2.56 bits per heavy atom. The molecule has 8 heteroatoms. The second kappa shape index (κ2) is 10.1. The molecule has 1 aliphatic rings. The van der Waals surface area contributed by atoms with Crippen LogP contribution in [0, 0.1) is 0 Å². The number of carbonyl (C=O) groups is 1. The highest BCUT2D eigenvalue weighted by atomic mass is 32.2. The molecule has 0 saturated carbocycles. The first-order valence-corrected chi connectivity index (χ1v) is 11.5. The van der Waals surface area contributed by atoms with E-state index in [1.54, 1.807) is 12.0 Å². The van der Waals surface area contributed by atoms with Gasteiger partial charge in [0.1, 0.15) is 10.1 Å². The highest BCUT2D eigenvalue weighted by Gasteiger charge is 2.32. The fourth-order valence-electron chi connectivity index (χ4n) is 3.32. The van der Waals surface area contributed by atoms with Gasteiger partial charge in [-0.25, -0.2) is 4.68 Å². The van der Waals surface area contributed by atoms with Crippen molar-refractivity contribution in [3.8, 4) is 22.7 Å². The molecule has 3 aromatic rings. The lowest BCUT2D eigenvalue weighted by Crippen LogP contribution is -2.31. The van der Waals surface area contributed by atoms with E-state index in [0.29, 0.717) is 29.0 Å². The van der Waals surface area contributed by atoms with Gasteiger partial charge in [0, 0.05) is 24.4 Å². The van der Waals surface area contributed by atoms with Crippen LogP contribution in [0.2, 0.25) is 0 Å². The van der Waals surface area contributed by atoms with Crippen molar-refractivity contribution in [2.45, 2.75) is 6.92 Å². The SMILES string of the molecule is CCOc1ccc(-c2nn(-c3ccccc3)cc2/C=C2\SC(=S)N(CCOC)C2=O)cc1. The van der Waals surface area contributed by atoms with Crippen LogP contribution in [0.4, 0.5) is 0 Å². The minimum absolute atomic E-state index is 0.109. The van der Waals surface area contributed by atoms with E-state index in [-0.39, 0.29) is 5.91 Å². The van der Waals surface area contributed by atoms with Crippen molar-refractivity contribution in [1.29, 1.82) is 0 Å². The van der Waals surface area contributed by atoms with Gasteiger partial charge in [0.15, 0.2) is 0 Å². The number of ether oxygens (including phenoxy) is 2. The Hall–Kier alpha value is -2.94. The number of thioether (sulfide) groups is 1. The maximum atomic E-state index is 12.9. The van der Waals surface area contributed by atoms with Gasteiger partial charge in [-0.3, -0.25) is 9.69 Å². The Morgan fingerprint density at radius 1 is 1.12 bits per heavy atom. The van der Waals surface area contributed by atoms with Crippen LogP contribution in [0.15, 0.2) is 65.7 Å². The smallest absolute Gasteiger partial charge is 0.266 e. The predicted molar refractivity (Wildman–Crippen MR) is 132 cm³/mol. The number of para-hydroxylation sites is 1. The summed E-state index contributed by atoms with van der Waals surface area (Å²) in [4.78, 5) is 15.1. The summed E-state index contributed by atoms with van der Waals surface area (Å²) >= 11 is 6.71. The number of aromatic nitrogens is 2. The van der Waals surface area contributed by atoms with E-state index in [9.17, 15) is 4.79 Å². The van der Waals surface area contributed by atoms with Crippen molar-refractivity contribution in [3.05, 3.63) is 71.3 Å². The van der Waals surface area contributed by atoms with E-state index in [2.05, 4.69) is 0 Å². The van der Waals surface area contributed by atoms with Crippen LogP contribution >= 0.6 is 24.0 Å². The van der Waals surface area contributed by atoms with Crippen LogP contribution in [0.25, 0.3) is 23.0 Å². The molecule has 1 saturated heterocycles.